The van der Waals surface area contributed by atoms with Crippen molar-refractivity contribution in [1.82, 2.24) is 16.0 Å². The minimum absolute atomic E-state index is 0.0411. The molecule has 0 saturated carbocycles. The highest BCUT2D eigenvalue weighted by Crippen LogP contribution is 2.22. The maximum Gasteiger partial charge on any atom is 0.222 e. The number of Topliss-reactive ketones (excluding diaryl/α,β-unsaturated/α-hetero) is 2. The summed E-state index contributed by atoms with van der Waals surface area (Å²) in [7, 11) is 0. The first-order valence-electron chi connectivity index (χ1n) is 12.0. The maximum absolute atomic E-state index is 12.8. The van der Waals surface area contributed by atoms with Crippen LogP contribution in [0.25, 0.3) is 0 Å². The van der Waals surface area contributed by atoms with Crippen LogP contribution in [0.2, 0.25) is 0 Å². The van der Waals surface area contributed by atoms with Gasteiger partial charge in [-0.1, -0.05) is 41.5 Å². The van der Waals surface area contributed by atoms with Crippen LogP contribution in [-0.2, 0) is 14.4 Å². The quantitative estimate of drug-likeness (QED) is 0.404. The molecule has 0 radical (unpaired) electrons. The Morgan fingerprint density at radius 1 is 0.625 bits per heavy atom. The van der Waals surface area contributed by atoms with Gasteiger partial charge in [-0.05, 0) is 60.8 Å². The van der Waals surface area contributed by atoms with E-state index in [9.17, 15) is 14.4 Å². The molecule has 0 spiro atoms. The second-order valence-corrected chi connectivity index (χ2v) is 13.2. The highest BCUT2D eigenvalue weighted by molar-refractivity contribution is 5.93. The Labute approximate surface area is 197 Å². The van der Waals surface area contributed by atoms with Gasteiger partial charge in [-0.2, -0.15) is 0 Å². The molecule has 6 heteroatoms. The molecule has 32 heavy (non-hydrogen) atoms. The van der Waals surface area contributed by atoms with Gasteiger partial charge >= 0.3 is 0 Å². The summed E-state index contributed by atoms with van der Waals surface area (Å²) in [6, 6.07) is -0.713. The lowest BCUT2D eigenvalue weighted by Crippen LogP contribution is -2.52. The molecule has 0 heterocycles. The number of unbranched alkanes of at least 4 members (excludes halogenated alkanes) is 1. The zero-order valence-electron chi connectivity index (χ0n) is 22.9. The van der Waals surface area contributed by atoms with Crippen LogP contribution in [-0.4, -0.2) is 47.2 Å². The summed E-state index contributed by atoms with van der Waals surface area (Å²) in [5.74, 6) is 0.132. The summed E-state index contributed by atoms with van der Waals surface area (Å²) in [6.07, 6.45) is 2.49. The number of hydrogen-bond donors (Lipinski definition) is 3. The lowest BCUT2D eigenvalue weighted by molar-refractivity contribution is -0.132. The average molecular weight is 454 g/mol. The predicted octanol–water partition coefficient (Wildman–Crippen LogP) is 4.41. The van der Waals surface area contributed by atoms with Crippen molar-refractivity contribution in [2.45, 2.75) is 132 Å². The lowest BCUT2D eigenvalue weighted by Gasteiger charge is -2.32. The molecular formula is C26H51N3O3. The highest BCUT2D eigenvalue weighted by Gasteiger charge is 2.34. The Morgan fingerprint density at radius 2 is 1.03 bits per heavy atom. The van der Waals surface area contributed by atoms with Crippen molar-refractivity contribution in [2.75, 3.05) is 6.54 Å². The standard InChI is InChI=1S/C26H51N3O3/c1-23(2,3)21(31)18(28-25(7,8)9)15-13-14-16-27-20(30)17-19(29-26(10,11)12)22(32)24(4,5)6/h18-19,28-29H,13-17H2,1-12H3,(H,27,30). The third-order valence-corrected chi connectivity index (χ3v) is 4.96. The molecular weight excluding hydrogens is 402 g/mol. The van der Waals surface area contributed by atoms with E-state index in [-0.39, 0.29) is 41.0 Å². The van der Waals surface area contributed by atoms with Crippen LogP contribution >= 0.6 is 0 Å². The van der Waals surface area contributed by atoms with Crippen molar-refractivity contribution in [3.63, 3.8) is 0 Å². The van der Waals surface area contributed by atoms with Crippen LogP contribution in [0.4, 0.5) is 0 Å². The molecule has 0 saturated heterocycles. The molecule has 3 N–H and O–H groups in total. The van der Waals surface area contributed by atoms with Crippen LogP contribution in [0.5, 0.6) is 0 Å². The minimum Gasteiger partial charge on any atom is -0.356 e. The number of carbonyl (C=O) groups is 3. The summed E-state index contributed by atoms with van der Waals surface area (Å²) >= 11 is 0. The van der Waals surface area contributed by atoms with Gasteiger partial charge in [-0.3, -0.25) is 14.4 Å². The molecule has 0 bridgehead atoms. The Kier molecular flexibility index (Phi) is 11.3. The van der Waals surface area contributed by atoms with Crippen molar-refractivity contribution in [2.24, 2.45) is 10.8 Å². The van der Waals surface area contributed by atoms with Crippen molar-refractivity contribution in [3.8, 4) is 0 Å². The first kappa shape index (κ1) is 30.7. The van der Waals surface area contributed by atoms with Gasteiger partial charge in [0.05, 0.1) is 12.1 Å². The number of amides is 1. The SMILES string of the molecule is CC(C)(C)NC(CCCCNC(=O)CC(NC(C)(C)C)C(=O)C(C)(C)C)C(=O)C(C)(C)C. The minimum atomic E-state index is -0.516. The fraction of sp³-hybridized carbons (Fsp3) is 0.885. The Bertz CT molecular complexity index is 629. The molecule has 2 atom stereocenters. The average Bonchev–Trinajstić information content (AvgIpc) is 2.54. The predicted molar refractivity (Wildman–Crippen MR) is 134 cm³/mol. The van der Waals surface area contributed by atoms with Gasteiger partial charge in [0.25, 0.3) is 0 Å². The molecule has 6 nitrogen and oxygen atoms in total. The van der Waals surface area contributed by atoms with Gasteiger partial charge in [0, 0.05) is 34.9 Å². The number of carbonyl (C=O) groups excluding carboxylic acids is 3. The first-order valence-corrected chi connectivity index (χ1v) is 12.0. The summed E-state index contributed by atoms with van der Waals surface area (Å²) in [4.78, 5) is 38.2. The Morgan fingerprint density at radius 3 is 1.44 bits per heavy atom. The molecule has 0 aliphatic carbocycles. The molecule has 0 fully saturated rings. The summed E-state index contributed by atoms with van der Waals surface area (Å²) in [5, 5.41) is 9.71. The van der Waals surface area contributed by atoms with E-state index in [0.29, 0.717) is 6.54 Å². The lowest BCUT2D eigenvalue weighted by atomic mass is 9.84. The first-order chi connectivity index (χ1) is 14.1. The summed E-state index contributed by atoms with van der Waals surface area (Å²) in [5.41, 5.74) is -1.32. The van der Waals surface area contributed by atoms with Gasteiger partial charge in [0.2, 0.25) is 5.91 Å². The second-order valence-electron chi connectivity index (χ2n) is 13.2. The second kappa shape index (κ2) is 11.7. The van der Waals surface area contributed by atoms with E-state index in [1.165, 1.54) is 0 Å². The smallest absolute Gasteiger partial charge is 0.222 e. The fourth-order valence-electron chi connectivity index (χ4n) is 3.53. The van der Waals surface area contributed by atoms with Gasteiger partial charge in [-0.15, -0.1) is 0 Å². The van der Waals surface area contributed by atoms with Gasteiger partial charge in [0.1, 0.15) is 0 Å². The summed E-state index contributed by atoms with van der Waals surface area (Å²) in [6.45, 7) is 24.2. The Balaban J connectivity index is 4.76. The molecule has 0 aromatic rings. The van der Waals surface area contributed by atoms with Crippen molar-refractivity contribution >= 4 is 17.5 Å². The van der Waals surface area contributed by atoms with Crippen LogP contribution in [0.15, 0.2) is 0 Å². The molecule has 0 aliphatic rings. The normalized spacial score (nSPS) is 15.2. The molecule has 0 aromatic heterocycles. The van der Waals surface area contributed by atoms with Crippen molar-refractivity contribution < 1.29 is 14.4 Å². The van der Waals surface area contributed by atoms with Gasteiger partial charge in [0.15, 0.2) is 11.6 Å². The third-order valence-electron chi connectivity index (χ3n) is 4.96. The van der Waals surface area contributed by atoms with Gasteiger partial charge < -0.3 is 16.0 Å². The van der Waals surface area contributed by atoms with E-state index in [1.54, 1.807) is 0 Å². The molecule has 2 unspecified atom stereocenters. The van der Waals surface area contributed by atoms with Crippen LogP contribution in [0, 0.1) is 10.8 Å². The van der Waals surface area contributed by atoms with E-state index in [4.69, 9.17) is 0 Å². The molecule has 1 amide bonds. The zero-order chi connectivity index (χ0) is 25.5. The van der Waals surface area contributed by atoms with E-state index < -0.39 is 16.9 Å². The van der Waals surface area contributed by atoms with Crippen LogP contribution in [0.1, 0.15) is 109 Å². The van der Waals surface area contributed by atoms with E-state index in [1.807, 2.05) is 62.3 Å². The van der Waals surface area contributed by atoms with Crippen LogP contribution < -0.4 is 16.0 Å². The molecule has 188 valence electrons. The largest absolute Gasteiger partial charge is 0.356 e. The number of rotatable bonds is 11. The van der Waals surface area contributed by atoms with Gasteiger partial charge in [-0.25, -0.2) is 0 Å². The monoisotopic (exact) mass is 453 g/mol. The van der Waals surface area contributed by atoms with E-state index in [2.05, 4.69) is 36.7 Å². The van der Waals surface area contributed by atoms with Crippen molar-refractivity contribution in [1.29, 1.82) is 0 Å². The Hall–Kier alpha value is -1.27. The van der Waals surface area contributed by atoms with Crippen LogP contribution in [0.3, 0.4) is 0 Å². The van der Waals surface area contributed by atoms with Crippen molar-refractivity contribution in [3.05, 3.63) is 0 Å². The molecule has 0 rings (SSSR count). The number of nitrogens with one attached hydrogen (secondary N) is 3. The van der Waals surface area contributed by atoms with E-state index in [0.717, 1.165) is 19.3 Å². The topological polar surface area (TPSA) is 87.3 Å². The zero-order valence-corrected chi connectivity index (χ0v) is 22.9. The maximum atomic E-state index is 12.8. The fourth-order valence-corrected chi connectivity index (χ4v) is 3.53. The third kappa shape index (κ3) is 13.3. The molecule has 0 aromatic carbocycles. The van der Waals surface area contributed by atoms with E-state index >= 15 is 0 Å². The summed E-state index contributed by atoms with van der Waals surface area (Å²) < 4.78 is 0. The number of ketones is 2. The molecule has 0 aliphatic heterocycles. The number of hydrogen-bond acceptors (Lipinski definition) is 5. The highest BCUT2D eigenvalue weighted by atomic mass is 16.2.